The molecule has 2 N–H and O–H groups in total. The maximum atomic E-state index is 11.8. The fraction of sp³-hybridized carbons (Fsp3) is 0.818. The molecule has 1 aliphatic heterocycles. The fourth-order valence-electron chi connectivity index (χ4n) is 1.56. The van der Waals surface area contributed by atoms with E-state index in [-0.39, 0.29) is 12.2 Å². The van der Waals surface area contributed by atoms with Crippen LogP contribution in [0.3, 0.4) is 0 Å². The van der Waals surface area contributed by atoms with Gasteiger partial charge in [-0.15, -0.1) is 0 Å². The Hall–Kier alpha value is -0.880. The second-order valence-corrected chi connectivity index (χ2v) is 5.61. The highest BCUT2D eigenvalue weighted by atomic mass is 32.1. The molecule has 17 heavy (non-hydrogen) atoms. The van der Waals surface area contributed by atoms with E-state index >= 15 is 0 Å². The van der Waals surface area contributed by atoms with E-state index in [1.165, 1.54) is 0 Å². The quantitative estimate of drug-likeness (QED) is 0.758. The van der Waals surface area contributed by atoms with Crippen LogP contribution in [0.1, 0.15) is 27.2 Å². The van der Waals surface area contributed by atoms with Crippen molar-refractivity contribution in [3.8, 4) is 0 Å². The van der Waals surface area contributed by atoms with Crippen LogP contribution < -0.4 is 5.73 Å². The van der Waals surface area contributed by atoms with Crippen molar-refractivity contribution in [2.75, 3.05) is 19.7 Å². The molecule has 0 aromatic rings. The van der Waals surface area contributed by atoms with Crippen LogP contribution in [0.2, 0.25) is 0 Å². The summed E-state index contributed by atoms with van der Waals surface area (Å²) >= 11 is 4.83. The highest BCUT2D eigenvalue weighted by Gasteiger charge is 2.28. The zero-order valence-electron chi connectivity index (χ0n) is 10.6. The van der Waals surface area contributed by atoms with Crippen LogP contribution in [0.25, 0.3) is 0 Å². The van der Waals surface area contributed by atoms with E-state index in [4.69, 9.17) is 27.4 Å². The Morgan fingerprint density at radius 2 is 2.24 bits per heavy atom. The van der Waals surface area contributed by atoms with Gasteiger partial charge in [0, 0.05) is 13.0 Å². The fourth-order valence-corrected chi connectivity index (χ4v) is 1.75. The summed E-state index contributed by atoms with van der Waals surface area (Å²) in [5.74, 6) is 0. The Labute approximate surface area is 107 Å². The minimum atomic E-state index is -0.478. The molecular formula is C11H20N2O3S. The van der Waals surface area contributed by atoms with E-state index in [2.05, 4.69) is 0 Å². The van der Waals surface area contributed by atoms with E-state index in [0.717, 1.165) is 0 Å². The van der Waals surface area contributed by atoms with Crippen molar-refractivity contribution < 1.29 is 14.3 Å². The number of amides is 1. The smallest absolute Gasteiger partial charge is 0.410 e. The Kier molecular flexibility index (Phi) is 4.70. The SMILES string of the molecule is CC(C)(C)OC(=O)N1CCOC(CC(N)=S)C1. The molecule has 1 atom stereocenters. The number of ether oxygens (including phenoxy) is 2. The Morgan fingerprint density at radius 3 is 2.76 bits per heavy atom. The number of rotatable bonds is 2. The van der Waals surface area contributed by atoms with E-state index < -0.39 is 5.60 Å². The third-order valence-corrected chi connectivity index (χ3v) is 2.39. The predicted octanol–water partition coefficient (Wildman–Crippen LogP) is 1.30. The van der Waals surface area contributed by atoms with Gasteiger partial charge in [-0.2, -0.15) is 0 Å². The number of carbonyl (C=O) groups excluding carboxylic acids is 1. The van der Waals surface area contributed by atoms with Gasteiger partial charge in [-0.3, -0.25) is 0 Å². The number of nitrogens with zero attached hydrogens (tertiary/aromatic N) is 1. The summed E-state index contributed by atoms with van der Waals surface area (Å²) in [6, 6.07) is 0. The van der Waals surface area contributed by atoms with Gasteiger partial charge in [0.25, 0.3) is 0 Å². The molecule has 1 saturated heterocycles. The van der Waals surface area contributed by atoms with Crippen LogP contribution in [-0.4, -0.2) is 47.4 Å². The number of thiocarbonyl (C=S) groups is 1. The predicted molar refractivity (Wildman–Crippen MR) is 68.9 cm³/mol. The zero-order valence-corrected chi connectivity index (χ0v) is 11.4. The molecule has 0 spiro atoms. The standard InChI is InChI=1S/C11H20N2O3S/c1-11(2,3)16-10(14)13-4-5-15-8(7-13)6-9(12)17/h8H,4-7H2,1-3H3,(H2,12,17). The summed E-state index contributed by atoms with van der Waals surface area (Å²) in [6.45, 7) is 7.05. The molecule has 6 heteroatoms. The second-order valence-electron chi connectivity index (χ2n) is 5.09. The molecule has 5 nitrogen and oxygen atoms in total. The largest absolute Gasteiger partial charge is 0.444 e. The summed E-state index contributed by atoms with van der Waals surface area (Å²) in [6.07, 6.45) is 0.0664. The Morgan fingerprint density at radius 1 is 1.59 bits per heavy atom. The lowest BCUT2D eigenvalue weighted by Crippen LogP contribution is -2.48. The van der Waals surface area contributed by atoms with Gasteiger partial charge < -0.3 is 20.1 Å². The minimum absolute atomic E-state index is 0.117. The number of hydrogen-bond acceptors (Lipinski definition) is 4. The average Bonchev–Trinajstić information content (AvgIpc) is 2.14. The van der Waals surface area contributed by atoms with Gasteiger partial charge >= 0.3 is 6.09 Å². The molecule has 0 aromatic carbocycles. The first-order chi connectivity index (χ1) is 7.78. The lowest BCUT2D eigenvalue weighted by molar-refractivity contribution is -0.0391. The molecule has 1 fully saturated rings. The molecule has 1 aliphatic rings. The van der Waals surface area contributed by atoms with Gasteiger partial charge in [-0.1, -0.05) is 12.2 Å². The van der Waals surface area contributed by atoms with Crippen molar-refractivity contribution in [2.45, 2.75) is 38.9 Å². The maximum Gasteiger partial charge on any atom is 0.410 e. The van der Waals surface area contributed by atoms with Gasteiger partial charge in [-0.05, 0) is 20.8 Å². The van der Waals surface area contributed by atoms with E-state index in [9.17, 15) is 4.79 Å². The zero-order chi connectivity index (χ0) is 13.1. The third kappa shape index (κ3) is 5.32. The van der Waals surface area contributed by atoms with Crippen LogP contribution >= 0.6 is 12.2 Å². The lowest BCUT2D eigenvalue weighted by Gasteiger charge is -2.34. The lowest BCUT2D eigenvalue weighted by atomic mass is 10.2. The highest BCUT2D eigenvalue weighted by molar-refractivity contribution is 7.80. The molecule has 0 radical (unpaired) electrons. The Bertz CT molecular complexity index is 302. The Balaban J connectivity index is 2.49. The molecule has 0 aromatic heterocycles. The van der Waals surface area contributed by atoms with Crippen LogP contribution in [0.5, 0.6) is 0 Å². The molecule has 1 unspecified atom stereocenters. The molecule has 98 valence electrons. The number of hydrogen-bond donors (Lipinski definition) is 1. The topological polar surface area (TPSA) is 64.8 Å². The molecular weight excluding hydrogens is 240 g/mol. The summed E-state index contributed by atoms with van der Waals surface area (Å²) in [5.41, 5.74) is 4.99. The number of nitrogens with two attached hydrogens (primary N) is 1. The third-order valence-electron chi connectivity index (χ3n) is 2.22. The van der Waals surface area contributed by atoms with Gasteiger partial charge in [0.2, 0.25) is 0 Å². The van der Waals surface area contributed by atoms with E-state index in [1.54, 1.807) is 4.90 Å². The van der Waals surface area contributed by atoms with Crippen LogP contribution in [-0.2, 0) is 9.47 Å². The number of carbonyl (C=O) groups is 1. The summed E-state index contributed by atoms with van der Waals surface area (Å²) in [5, 5.41) is 0. The van der Waals surface area contributed by atoms with Crippen molar-refractivity contribution in [1.82, 2.24) is 4.90 Å². The summed E-state index contributed by atoms with van der Waals surface area (Å²) in [7, 11) is 0. The first-order valence-electron chi connectivity index (χ1n) is 5.66. The molecule has 0 aliphatic carbocycles. The van der Waals surface area contributed by atoms with Gasteiger partial charge in [0.15, 0.2) is 0 Å². The second kappa shape index (κ2) is 5.64. The van der Waals surface area contributed by atoms with Gasteiger partial charge in [0.1, 0.15) is 5.60 Å². The molecule has 0 bridgehead atoms. The van der Waals surface area contributed by atoms with Crippen LogP contribution in [0.15, 0.2) is 0 Å². The van der Waals surface area contributed by atoms with Crippen molar-refractivity contribution in [1.29, 1.82) is 0 Å². The summed E-state index contributed by atoms with van der Waals surface area (Å²) < 4.78 is 10.8. The summed E-state index contributed by atoms with van der Waals surface area (Å²) in [4.78, 5) is 13.9. The average molecular weight is 260 g/mol. The van der Waals surface area contributed by atoms with Crippen molar-refractivity contribution in [2.24, 2.45) is 5.73 Å². The normalized spacial score (nSPS) is 21.1. The molecule has 0 saturated carbocycles. The monoisotopic (exact) mass is 260 g/mol. The highest BCUT2D eigenvalue weighted by Crippen LogP contribution is 2.14. The van der Waals surface area contributed by atoms with Gasteiger partial charge in [0.05, 0.1) is 24.2 Å². The maximum absolute atomic E-state index is 11.8. The van der Waals surface area contributed by atoms with E-state index in [1.807, 2.05) is 20.8 Å². The van der Waals surface area contributed by atoms with Crippen molar-refractivity contribution in [3.05, 3.63) is 0 Å². The first-order valence-corrected chi connectivity index (χ1v) is 6.06. The van der Waals surface area contributed by atoms with E-state index in [0.29, 0.717) is 31.1 Å². The molecule has 1 amide bonds. The van der Waals surface area contributed by atoms with Crippen molar-refractivity contribution in [3.63, 3.8) is 0 Å². The molecule has 1 rings (SSSR count). The van der Waals surface area contributed by atoms with Gasteiger partial charge in [-0.25, -0.2) is 4.79 Å². The first kappa shape index (κ1) is 14.2. The molecule has 1 heterocycles. The minimum Gasteiger partial charge on any atom is -0.444 e. The van der Waals surface area contributed by atoms with Crippen LogP contribution in [0.4, 0.5) is 4.79 Å². The van der Waals surface area contributed by atoms with Crippen LogP contribution in [0, 0.1) is 0 Å². The number of morpholine rings is 1. The van der Waals surface area contributed by atoms with Crippen molar-refractivity contribution >= 4 is 23.3 Å².